The summed E-state index contributed by atoms with van der Waals surface area (Å²) >= 11 is 0. The Labute approximate surface area is 525 Å². The van der Waals surface area contributed by atoms with E-state index in [1.807, 2.05) is 0 Å². The standard InChI is InChI=1S/C16H36P.C8H18N.2C8H20N.C7H16N.C7H18N.C6H16N.C5H14N.C4H12N.CH5N3/c1-5-9-13-17(14-10-6-2,15-11-7-3)16-12-8-4;1-3-9(2)7-5-4-6-8-9;2*1-5-9(6-2,7-3)8-4;1-3-8(2)6-4-5-7-8;1-5-8(4,6-2)7-3;1-5-7(3,4)6-2;1-5-6(2,3)4;1-5(2,3)4;2-1(3)4/h5-16H2,1-4H3;3-8H2,1-2H3;2*5-8H2,1-4H3;3-7H2,1-2H3;5-7H2,1-4H3;5-6H2,1-4H3;5H2,1-4H3;1-4H3;(H5,2,3,4)/q9*+1;/p+1. The summed E-state index contributed by atoms with van der Waals surface area (Å²) in [5, 5.41) is 4.58. The molecule has 11 nitrogen and oxygen atoms in total. The molecule has 2 rings (SSSR count). The Balaban J connectivity index is -0.000000127. The third kappa shape index (κ3) is 65.4. The van der Waals surface area contributed by atoms with E-state index in [0.717, 1.165) is 13.4 Å². The van der Waals surface area contributed by atoms with Crippen molar-refractivity contribution in [3.05, 3.63) is 0 Å². The lowest BCUT2D eigenvalue weighted by atomic mass is 10.1. The Hall–Kier alpha value is -0.620. The molecular weight excluding hydrogens is 1030 g/mol. The SMILES string of the molecule is CCCC[P+](CCCC)(CCCC)CCCC.CC[N+](C)(C)C.CC[N+](C)(C)CC.CC[N+](C)(CC)CC.CC[N+](CC)(CC)CC.CC[N+](CC)(CC)CC.CC[N+]1(C)CCCC1.CC[N+]1(C)CCCCC1.C[N+](C)(C)C.NC(N)=[NH2+]. The number of unbranched alkanes of at least 4 members (excludes halogenated alkanes) is 4. The summed E-state index contributed by atoms with van der Waals surface area (Å²) < 4.78 is 9.61. The topological polar surface area (TPSA) is 77.6 Å². The van der Waals surface area contributed by atoms with Gasteiger partial charge in [-0.2, -0.15) is 0 Å². The molecule has 0 amide bonds. The number of nitrogens with zero attached hydrogens (tertiary/aromatic N) is 8. The first kappa shape index (κ1) is 97.6. The minimum absolute atomic E-state index is 0.0833. The molecular formula is C70H176N11P+10. The molecule has 0 bridgehead atoms. The van der Waals surface area contributed by atoms with Crippen LogP contribution in [0.1, 0.15) is 222 Å². The largest absolute Gasteiger partial charge is 0.336 e. The first-order valence-corrected chi connectivity index (χ1v) is 38.0. The van der Waals surface area contributed by atoms with Gasteiger partial charge in [-0.05, 0) is 156 Å². The normalized spacial score (nSPS) is 14.6. The van der Waals surface area contributed by atoms with Crippen LogP contribution in [0.25, 0.3) is 0 Å². The number of likely N-dealkylation sites (tertiary alicyclic amines) is 2. The molecule has 0 atom stereocenters. The fourth-order valence-electron chi connectivity index (χ4n) is 9.23. The van der Waals surface area contributed by atoms with Crippen molar-refractivity contribution in [1.29, 1.82) is 0 Å². The van der Waals surface area contributed by atoms with Gasteiger partial charge in [-0.15, -0.1) is 0 Å². The summed E-state index contributed by atoms with van der Waals surface area (Å²) in [5.41, 5.74) is 9.17. The van der Waals surface area contributed by atoms with Crippen molar-refractivity contribution >= 4 is 13.2 Å². The molecule has 12 heteroatoms. The van der Waals surface area contributed by atoms with E-state index in [1.54, 1.807) is 24.6 Å². The lowest BCUT2D eigenvalue weighted by Crippen LogP contribution is -2.51. The van der Waals surface area contributed by atoms with Crippen LogP contribution in [-0.2, 0) is 0 Å². The van der Waals surface area contributed by atoms with E-state index >= 15 is 0 Å². The van der Waals surface area contributed by atoms with Crippen molar-refractivity contribution in [3.8, 4) is 0 Å². The Morgan fingerprint density at radius 2 is 0.549 bits per heavy atom. The van der Waals surface area contributed by atoms with E-state index in [-0.39, 0.29) is 5.96 Å². The second-order valence-electron chi connectivity index (χ2n) is 28.3. The average Bonchev–Trinajstić information content (AvgIpc) is 3.91. The van der Waals surface area contributed by atoms with Crippen molar-refractivity contribution < 1.29 is 41.3 Å². The van der Waals surface area contributed by atoms with Crippen molar-refractivity contribution in [2.24, 2.45) is 11.5 Å². The number of hydrogen-bond donors (Lipinski definition) is 3. The number of guanidine groups is 1. The lowest BCUT2D eigenvalue weighted by molar-refractivity contribution is -0.921. The summed E-state index contributed by atoms with van der Waals surface area (Å²) in [5.74, 6) is -0.0833. The van der Waals surface area contributed by atoms with Gasteiger partial charge >= 0.3 is 5.96 Å². The molecule has 2 saturated heterocycles. The molecule has 2 aliphatic heterocycles. The maximum atomic E-state index is 4.58. The maximum Gasteiger partial charge on any atom is 0.336 e. The smallest absolute Gasteiger partial charge is 0.333 e. The van der Waals surface area contributed by atoms with Gasteiger partial charge in [0.1, 0.15) is 0 Å². The van der Waals surface area contributed by atoms with Gasteiger partial charge < -0.3 is 35.9 Å². The zero-order chi connectivity index (χ0) is 66.2. The molecule has 2 heterocycles. The van der Waals surface area contributed by atoms with Crippen LogP contribution in [-0.4, -0.2) is 282 Å². The fourth-order valence-corrected chi connectivity index (χ4v) is 14.5. The van der Waals surface area contributed by atoms with Gasteiger partial charge in [0, 0.05) is 20.1 Å². The van der Waals surface area contributed by atoms with Crippen LogP contribution in [0.5, 0.6) is 0 Å². The molecule has 0 spiro atoms. The van der Waals surface area contributed by atoms with Gasteiger partial charge in [0.25, 0.3) is 0 Å². The first-order valence-electron chi connectivity index (χ1n) is 35.5. The Morgan fingerprint density at radius 3 is 0.634 bits per heavy atom. The van der Waals surface area contributed by atoms with Crippen molar-refractivity contribution in [2.45, 2.75) is 222 Å². The van der Waals surface area contributed by atoms with Gasteiger partial charge in [0.2, 0.25) is 0 Å². The fraction of sp³-hybridized carbons (Fsp3) is 0.986. The third-order valence-electron chi connectivity index (χ3n) is 19.3. The number of piperidine rings is 1. The molecule has 2 aliphatic rings. The van der Waals surface area contributed by atoms with Crippen LogP contribution < -0.4 is 16.9 Å². The molecule has 0 radical (unpaired) electrons. The first-order chi connectivity index (χ1) is 37.9. The highest BCUT2D eigenvalue weighted by atomic mass is 31.2. The number of hydrogen-bond acceptors (Lipinski definition) is 0. The van der Waals surface area contributed by atoms with Crippen molar-refractivity contribution in [3.63, 3.8) is 0 Å². The summed E-state index contributed by atoms with van der Waals surface area (Å²) in [6.45, 7) is 71.5. The predicted octanol–water partition coefficient (Wildman–Crippen LogP) is 13.5. The Bertz CT molecular complexity index is 1150. The molecule has 2 fully saturated rings. The number of rotatable bonds is 28. The molecule has 0 aliphatic carbocycles. The van der Waals surface area contributed by atoms with Crippen LogP contribution in [0.2, 0.25) is 0 Å². The average molecular weight is 1200 g/mol. The molecule has 0 unspecified atom stereocenters. The van der Waals surface area contributed by atoms with E-state index in [2.05, 4.69) is 240 Å². The zero-order valence-corrected chi connectivity index (χ0v) is 65.3. The van der Waals surface area contributed by atoms with E-state index in [1.165, 1.54) is 237 Å². The van der Waals surface area contributed by atoms with Crippen LogP contribution in [0, 0.1) is 0 Å². The summed E-state index contributed by atoms with van der Waals surface area (Å²) in [6, 6.07) is 0. The molecule has 0 aromatic rings. The molecule has 0 saturated carbocycles. The van der Waals surface area contributed by atoms with Crippen LogP contribution in [0.15, 0.2) is 0 Å². The molecule has 0 aromatic heterocycles. The third-order valence-corrected chi connectivity index (χ3v) is 24.4. The second kappa shape index (κ2) is 58.1. The van der Waals surface area contributed by atoms with Crippen LogP contribution in [0.4, 0.5) is 0 Å². The molecule has 0 aromatic carbocycles. The van der Waals surface area contributed by atoms with Crippen LogP contribution >= 0.6 is 7.26 Å². The van der Waals surface area contributed by atoms with Crippen molar-refractivity contribution in [1.82, 2.24) is 0 Å². The van der Waals surface area contributed by atoms with Gasteiger partial charge in [0.15, 0.2) is 0 Å². The number of nitrogens with two attached hydrogens (primary N) is 3. The monoisotopic (exact) mass is 1200 g/mol. The minimum Gasteiger partial charge on any atom is -0.333 e. The maximum absolute atomic E-state index is 4.58. The zero-order valence-electron chi connectivity index (χ0n) is 64.4. The highest BCUT2D eigenvalue weighted by molar-refractivity contribution is 7.75. The molecule has 6 N–H and O–H groups in total. The summed E-state index contributed by atoms with van der Waals surface area (Å²) in [7, 11) is 26.0. The predicted molar refractivity (Wildman–Crippen MR) is 386 cm³/mol. The van der Waals surface area contributed by atoms with E-state index < -0.39 is 7.26 Å². The Morgan fingerprint density at radius 1 is 0.354 bits per heavy atom. The Kier molecular flexibility index (Phi) is 69.2. The summed E-state index contributed by atoms with van der Waals surface area (Å²) in [4.78, 5) is 0. The molecule has 506 valence electrons. The van der Waals surface area contributed by atoms with E-state index in [0.29, 0.717) is 0 Å². The van der Waals surface area contributed by atoms with Gasteiger partial charge in [-0.3, -0.25) is 16.9 Å². The van der Waals surface area contributed by atoms with Crippen LogP contribution in [0.3, 0.4) is 0 Å². The van der Waals surface area contributed by atoms with Gasteiger partial charge in [0.05, 0.1) is 240 Å². The quantitative estimate of drug-likeness (QED) is 0.0316. The van der Waals surface area contributed by atoms with E-state index in [4.69, 9.17) is 0 Å². The van der Waals surface area contributed by atoms with Crippen molar-refractivity contribution in [2.75, 3.05) is 240 Å². The highest BCUT2D eigenvalue weighted by Crippen LogP contribution is 2.61. The minimum atomic E-state index is -0.562. The summed E-state index contributed by atoms with van der Waals surface area (Å²) in [6.07, 6.45) is 25.2. The molecule has 82 heavy (non-hydrogen) atoms. The lowest BCUT2D eigenvalue weighted by Gasteiger charge is -2.36. The number of quaternary nitrogens is 8. The van der Waals surface area contributed by atoms with Gasteiger partial charge in [-0.25, -0.2) is 0 Å². The highest BCUT2D eigenvalue weighted by Gasteiger charge is 2.34. The van der Waals surface area contributed by atoms with E-state index in [9.17, 15) is 0 Å². The van der Waals surface area contributed by atoms with Gasteiger partial charge in [-0.1, -0.05) is 53.4 Å². The second-order valence-corrected chi connectivity index (χ2v) is 32.8.